The highest BCUT2D eigenvalue weighted by Gasteiger charge is 1.90. The second kappa shape index (κ2) is 4.89. The van der Waals surface area contributed by atoms with Crippen molar-refractivity contribution >= 4 is 0 Å². The quantitative estimate of drug-likeness (QED) is 0.454. The molecule has 0 rings (SSSR count). The van der Waals surface area contributed by atoms with E-state index >= 15 is 0 Å². The summed E-state index contributed by atoms with van der Waals surface area (Å²) in [5.74, 6) is 0. The van der Waals surface area contributed by atoms with Crippen molar-refractivity contribution in [1.82, 2.24) is 5.32 Å². The van der Waals surface area contributed by atoms with Crippen molar-refractivity contribution in [1.29, 1.82) is 0 Å². The first kappa shape index (κ1) is 9.06. The van der Waals surface area contributed by atoms with Crippen molar-refractivity contribution in [3.05, 3.63) is 29.2 Å². The van der Waals surface area contributed by atoms with E-state index in [2.05, 4.69) is 11.0 Å². The van der Waals surface area contributed by atoms with Crippen LogP contribution in [0.4, 0.5) is 0 Å². The molecule has 0 heterocycles. The molecule has 1 N–H and O–H groups in total. The van der Waals surface area contributed by atoms with Gasteiger partial charge in [-0.05, 0) is 26.8 Å². The molecule has 1 heteroatoms. The van der Waals surface area contributed by atoms with Crippen molar-refractivity contribution < 1.29 is 0 Å². The van der Waals surface area contributed by atoms with Crippen LogP contribution in [0.5, 0.6) is 0 Å². The third-order valence-electron chi connectivity index (χ3n) is 1.32. The molecular weight excluding hydrogens is 122 g/mol. The number of hydrogen-bond acceptors (Lipinski definition) is 1. The molecule has 0 atom stereocenters. The lowest BCUT2D eigenvalue weighted by Crippen LogP contribution is -2.05. The molecule has 0 bridgehead atoms. The van der Waals surface area contributed by atoms with Gasteiger partial charge in [0.05, 0.1) is 0 Å². The molecule has 0 aliphatic heterocycles. The topological polar surface area (TPSA) is 12.0 Å². The van der Waals surface area contributed by atoms with Crippen molar-refractivity contribution in [3.63, 3.8) is 0 Å². The lowest BCUT2D eigenvalue weighted by molar-refractivity contribution is 0.995. The van der Waals surface area contributed by atoms with E-state index in [1.807, 2.05) is 40.0 Å². The van der Waals surface area contributed by atoms with Gasteiger partial charge in [0.2, 0.25) is 0 Å². The van der Waals surface area contributed by atoms with Gasteiger partial charge in [-0.25, -0.2) is 0 Å². The highest BCUT2D eigenvalue weighted by atomic mass is 14.8. The van der Waals surface area contributed by atoms with Crippen LogP contribution >= 0.6 is 0 Å². The molecule has 0 saturated carbocycles. The maximum atomic E-state index is 3.11. The third-order valence-corrected chi connectivity index (χ3v) is 1.32. The van der Waals surface area contributed by atoms with Gasteiger partial charge in [0.15, 0.2) is 0 Å². The second-order valence-corrected chi connectivity index (χ2v) is 2.01. The number of allylic oxidation sites excluding steroid dienone is 2. The van der Waals surface area contributed by atoms with Gasteiger partial charge in [0, 0.05) is 18.3 Å². The third kappa shape index (κ3) is 2.56. The molecule has 0 radical (unpaired) electrons. The normalized spacial score (nSPS) is 10.2. The van der Waals surface area contributed by atoms with Gasteiger partial charge in [-0.15, -0.1) is 5.73 Å². The Morgan fingerprint density at radius 1 is 1.40 bits per heavy atom. The van der Waals surface area contributed by atoms with Gasteiger partial charge in [0.25, 0.3) is 0 Å². The first-order valence-corrected chi connectivity index (χ1v) is 3.48. The van der Waals surface area contributed by atoms with Crippen molar-refractivity contribution in [2.45, 2.75) is 20.8 Å². The van der Waals surface area contributed by atoms with E-state index in [0.717, 1.165) is 11.3 Å². The SMILES string of the molecule is CC=C=C(C)/C(=C\C)NC. The second-order valence-electron chi connectivity index (χ2n) is 2.01. The summed E-state index contributed by atoms with van der Waals surface area (Å²) in [4.78, 5) is 0. The molecule has 0 unspecified atom stereocenters. The summed E-state index contributed by atoms with van der Waals surface area (Å²) in [6, 6.07) is 0. The lowest BCUT2D eigenvalue weighted by atomic mass is 10.2. The van der Waals surface area contributed by atoms with Crippen molar-refractivity contribution in [2.75, 3.05) is 7.05 Å². The van der Waals surface area contributed by atoms with Crippen LogP contribution in [0.1, 0.15) is 20.8 Å². The largest absolute Gasteiger partial charge is 0.388 e. The number of hydrogen-bond donors (Lipinski definition) is 1. The van der Waals surface area contributed by atoms with E-state index in [-0.39, 0.29) is 0 Å². The standard InChI is InChI=1S/C9H15N/c1-5-7-8(3)9(6-2)10-4/h5-6,10H,1-4H3/b9-6+. The summed E-state index contributed by atoms with van der Waals surface area (Å²) in [6.45, 7) is 6.00. The molecule has 0 aliphatic carbocycles. The molecule has 10 heavy (non-hydrogen) atoms. The molecule has 0 fully saturated rings. The summed E-state index contributed by atoms with van der Waals surface area (Å²) in [6.07, 6.45) is 3.95. The van der Waals surface area contributed by atoms with Gasteiger partial charge in [0.1, 0.15) is 0 Å². The molecule has 1 nitrogen and oxygen atoms in total. The smallest absolute Gasteiger partial charge is 0.0402 e. The Labute approximate surface area is 63.1 Å². The van der Waals surface area contributed by atoms with E-state index in [1.165, 1.54) is 0 Å². The minimum Gasteiger partial charge on any atom is -0.388 e. The predicted molar refractivity (Wildman–Crippen MR) is 45.8 cm³/mol. The maximum Gasteiger partial charge on any atom is 0.0402 e. The Morgan fingerprint density at radius 3 is 2.30 bits per heavy atom. The van der Waals surface area contributed by atoms with Crippen LogP contribution in [0.15, 0.2) is 29.2 Å². The van der Waals surface area contributed by atoms with Gasteiger partial charge in [-0.1, -0.05) is 6.08 Å². The lowest BCUT2D eigenvalue weighted by Gasteiger charge is -2.02. The van der Waals surface area contributed by atoms with Crippen LogP contribution in [0.3, 0.4) is 0 Å². The van der Waals surface area contributed by atoms with E-state index in [0.29, 0.717) is 0 Å². The van der Waals surface area contributed by atoms with Gasteiger partial charge in [-0.3, -0.25) is 0 Å². The van der Waals surface area contributed by atoms with Gasteiger partial charge >= 0.3 is 0 Å². The number of likely N-dealkylation sites (N-methyl/N-ethyl adjacent to an activating group) is 1. The molecule has 0 aliphatic rings. The van der Waals surface area contributed by atoms with Crippen molar-refractivity contribution in [2.24, 2.45) is 0 Å². The summed E-state index contributed by atoms with van der Waals surface area (Å²) in [5.41, 5.74) is 5.39. The monoisotopic (exact) mass is 137 g/mol. The number of rotatable bonds is 2. The van der Waals surface area contributed by atoms with Crippen LogP contribution in [0, 0.1) is 0 Å². The summed E-state index contributed by atoms with van der Waals surface area (Å²) >= 11 is 0. The Bertz CT molecular complexity index is 181. The molecule has 0 aromatic heterocycles. The Balaban J connectivity index is 4.48. The molecule has 0 saturated heterocycles. The molecule has 56 valence electrons. The molecule has 0 aromatic rings. The zero-order chi connectivity index (χ0) is 7.98. The summed E-state index contributed by atoms with van der Waals surface area (Å²) in [5, 5.41) is 3.08. The molecular formula is C9H15N. The highest BCUT2D eigenvalue weighted by molar-refractivity contribution is 5.25. The van der Waals surface area contributed by atoms with Gasteiger partial charge in [-0.2, -0.15) is 0 Å². The van der Waals surface area contributed by atoms with E-state index in [1.54, 1.807) is 0 Å². The minimum absolute atomic E-state index is 1.14. The number of nitrogens with one attached hydrogen (secondary N) is 1. The van der Waals surface area contributed by atoms with E-state index in [4.69, 9.17) is 0 Å². The van der Waals surface area contributed by atoms with Crippen molar-refractivity contribution in [3.8, 4) is 0 Å². The Kier molecular flexibility index (Phi) is 4.43. The van der Waals surface area contributed by atoms with E-state index < -0.39 is 0 Å². The molecule has 0 spiro atoms. The fraction of sp³-hybridized carbons (Fsp3) is 0.444. The zero-order valence-electron chi connectivity index (χ0n) is 7.15. The minimum atomic E-state index is 1.14. The van der Waals surface area contributed by atoms with E-state index in [9.17, 15) is 0 Å². The maximum absolute atomic E-state index is 3.11. The molecule has 0 aromatic carbocycles. The molecule has 0 amide bonds. The van der Waals surface area contributed by atoms with Gasteiger partial charge < -0.3 is 5.32 Å². The summed E-state index contributed by atoms with van der Waals surface area (Å²) in [7, 11) is 1.91. The Morgan fingerprint density at radius 2 is 2.00 bits per heavy atom. The fourth-order valence-corrected chi connectivity index (χ4v) is 0.843. The Hall–Kier alpha value is -0.940. The fourth-order valence-electron chi connectivity index (χ4n) is 0.843. The van der Waals surface area contributed by atoms with Crippen LogP contribution < -0.4 is 5.32 Å². The zero-order valence-corrected chi connectivity index (χ0v) is 7.15. The van der Waals surface area contributed by atoms with Crippen LogP contribution in [-0.4, -0.2) is 7.05 Å². The van der Waals surface area contributed by atoms with Crippen LogP contribution in [0.25, 0.3) is 0 Å². The predicted octanol–water partition coefficient (Wildman–Crippen LogP) is 2.23. The highest BCUT2D eigenvalue weighted by Crippen LogP contribution is 2.01. The first-order chi connectivity index (χ1) is 4.76. The average molecular weight is 137 g/mol. The summed E-state index contributed by atoms with van der Waals surface area (Å²) < 4.78 is 0. The van der Waals surface area contributed by atoms with Crippen LogP contribution in [0.2, 0.25) is 0 Å². The average Bonchev–Trinajstić information content (AvgIpc) is 1.91. The first-order valence-electron chi connectivity index (χ1n) is 3.48. The van der Waals surface area contributed by atoms with Crippen LogP contribution in [-0.2, 0) is 0 Å².